The maximum atomic E-state index is 11.4. The van der Waals surface area contributed by atoms with Gasteiger partial charge in [-0.2, -0.15) is 0 Å². The zero-order valence-electron chi connectivity index (χ0n) is 12.9. The molecule has 114 valence electrons. The van der Waals surface area contributed by atoms with Crippen LogP contribution in [0.4, 0.5) is 11.4 Å². The van der Waals surface area contributed by atoms with Gasteiger partial charge >= 0.3 is 0 Å². The number of para-hydroxylation sites is 1. The lowest BCUT2D eigenvalue weighted by molar-refractivity contribution is -0.384. The van der Waals surface area contributed by atoms with Crippen LogP contribution in [0.1, 0.15) is 43.2 Å². The van der Waals surface area contributed by atoms with E-state index in [1.807, 2.05) is 18.0 Å². The molecule has 0 saturated heterocycles. The van der Waals surface area contributed by atoms with Crippen molar-refractivity contribution in [3.63, 3.8) is 0 Å². The van der Waals surface area contributed by atoms with E-state index < -0.39 is 0 Å². The molecular formula is C16H18N4O2. The van der Waals surface area contributed by atoms with E-state index in [0.29, 0.717) is 11.6 Å². The number of anilines is 1. The van der Waals surface area contributed by atoms with Crippen molar-refractivity contribution in [3.05, 3.63) is 39.8 Å². The summed E-state index contributed by atoms with van der Waals surface area (Å²) in [6, 6.07) is 5.31. The first kappa shape index (κ1) is 13.3. The number of nitro benzene ring substituents is 1. The minimum atomic E-state index is -0.308. The molecule has 1 aromatic carbocycles. The Hall–Kier alpha value is -2.37. The highest BCUT2D eigenvalue weighted by Crippen LogP contribution is 2.49. The molecule has 4 rings (SSSR count). The predicted molar refractivity (Wildman–Crippen MR) is 84.1 cm³/mol. The molecule has 1 unspecified atom stereocenters. The van der Waals surface area contributed by atoms with Gasteiger partial charge in [0.1, 0.15) is 11.5 Å². The minimum Gasteiger partial charge on any atom is -0.360 e. The Morgan fingerprint density at radius 1 is 1.32 bits per heavy atom. The van der Waals surface area contributed by atoms with E-state index in [2.05, 4.69) is 18.5 Å². The van der Waals surface area contributed by atoms with Crippen molar-refractivity contribution in [2.45, 2.75) is 31.7 Å². The number of imidazole rings is 1. The van der Waals surface area contributed by atoms with E-state index in [4.69, 9.17) is 4.98 Å². The molecule has 0 radical (unpaired) electrons. The Labute approximate surface area is 128 Å². The maximum absolute atomic E-state index is 11.4. The second-order valence-electron chi connectivity index (χ2n) is 6.25. The van der Waals surface area contributed by atoms with E-state index in [-0.39, 0.29) is 16.7 Å². The molecule has 1 aliphatic carbocycles. The van der Waals surface area contributed by atoms with Crippen LogP contribution in [0.15, 0.2) is 18.2 Å². The first-order valence-electron chi connectivity index (χ1n) is 7.57. The van der Waals surface area contributed by atoms with Crippen molar-refractivity contribution in [2.24, 2.45) is 7.05 Å². The molecule has 2 heterocycles. The average Bonchev–Trinajstić information content (AvgIpc) is 3.27. The van der Waals surface area contributed by atoms with Crippen molar-refractivity contribution < 1.29 is 4.92 Å². The van der Waals surface area contributed by atoms with Crippen LogP contribution in [0, 0.1) is 10.1 Å². The topological polar surface area (TPSA) is 64.2 Å². The molecule has 1 atom stereocenters. The number of hydrogen-bond acceptors (Lipinski definition) is 4. The molecule has 1 aromatic heterocycles. The molecular weight excluding hydrogens is 280 g/mol. The summed E-state index contributed by atoms with van der Waals surface area (Å²) in [5.74, 6) is 1.67. The minimum absolute atomic E-state index is 0.0635. The molecule has 1 saturated carbocycles. The SMILES string of the molecule is CC1c2c(nc(C3CC3)n2C)-c2cccc([N+](=O)[O-])c2N1C. The van der Waals surface area contributed by atoms with Crippen LogP contribution >= 0.6 is 0 Å². The normalized spacial score (nSPS) is 19.8. The predicted octanol–water partition coefficient (Wildman–Crippen LogP) is 3.38. The van der Waals surface area contributed by atoms with Gasteiger partial charge in [0.2, 0.25) is 0 Å². The highest BCUT2D eigenvalue weighted by molar-refractivity contribution is 5.87. The second-order valence-corrected chi connectivity index (χ2v) is 6.25. The van der Waals surface area contributed by atoms with Gasteiger partial charge in [-0.15, -0.1) is 0 Å². The number of fused-ring (bicyclic) bond motifs is 3. The van der Waals surface area contributed by atoms with E-state index >= 15 is 0 Å². The van der Waals surface area contributed by atoms with Crippen molar-refractivity contribution in [1.29, 1.82) is 0 Å². The van der Waals surface area contributed by atoms with Crippen molar-refractivity contribution in [3.8, 4) is 11.3 Å². The van der Waals surface area contributed by atoms with Crippen LogP contribution in [-0.2, 0) is 7.05 Å². The number of hydrogen-bond donors (Lipinski definition) is 0. The number of nitrogens with zero attached hydrogens (tertiary/aromatic N) is 4. The Morgan fingerprint density at radius 2 is 2.05 bits per heavy atom. The number of nitro groups is 1. The summed E-state index contributed by atoms with van der Waals surface area (Å²) in [7, 11) is 3.98. The number of aromatic nitrogens is 2. The zero-order chi connectivity index (χ0) is 15.6. The lowest BCUT2D eigenvalue weighted by Crippen LogP contribution is -2.28. The smallest absolute Gasteiger partial charge is 0.293 e. The van der Waals surface area contributed by atoms with Crippen molar-refractivity contribution >= 4 is 11.4 Å². The van der Waals surface area contributed by atoms with Crippen molar-refractivity contribution in [1.82, 2.24) is 9.55 Å². The molecule has 0 spiro atoms. The number of benzene rings is 1. The van der Waals surface area contributed by atoms with Gasteiger partial charge in [-0.05, 0) is 19.8 Å². The van der Waals surface area contributed by atoms with E-state index in [9.17, 15) is 10.1 Å². The van der Waals surface area contributed by atoms with Crippen LogP contribution in [-0.4, -0.2) is 21.5 Å². The summed E-state index contributed by atoms with van der Waals surface area (Å²) < 4.78 is 2.19. The van der Waals surface area contributed by atoms with Crippen LogP contribution in [0.5, 0.6) is 0 Å². The summed E-state index contributed by atoms with van der Waals surface area (Å²) in [6.07, 6.45) is 2.38. The molecule has 6 heteroatoms. The largest absolute Gasteiger partial charge is 0.360 e. The van der Waals surface area contributed by atoms with Gasteiger partial charge in [-0.3, -0.25) is 10.1 Å². The fourth-order valence-corrected chi connectivity index (χ4v) is 3.53. The van der Waals surface area contributed by atoms with Crippen molar-refractivity contribution in [2.75, 3.05) is 11.9 Å². The van der Waals surface area contributed by atoms with E-state index in [0.717, 1.165) is 22.8 Å². The molecule has 2 aliphatic rings. The highest BCUT2D eigenvalue weighted by Gasteiger charge is 2.38. The van der Waals surface area contributed by atoms with Crippen LogP contribution in [0.3, 0.4) is 0 Å². The van der Waals surface area contributed by atoms with Gasteiger partial charge in [0, 0.05) is 31.6 Å². The molecule has 1 aliphatic heterocycles. The Balaban J connectivity index is 2.01. The maximum Gasteiger partial charge on any atom is 0.293 e. The summed E-state index contributed by atoms with van der Waals surface area (Å²) in [4.78, 5) is 17.9. The summed E-state index contributed by atoms with van der Waals surface area (Å²) >= 11 is 0. The fourth-order valence-electron chi connectivity index (χ4n) is 3.53. The molecule has 1 fully saturated rings. The van der Waals surface area contributed by atoms with Crippen LogP contribution in [0.25, 0.3) is 11.3 Å². The van der Waals surface area contributed by atoms with Crippen LogP contribution < -0.4 is 4.90 Å². The second kappa shape index (κ2) is 4.32. The van der Waals surface area contributed by atoms with Gasteiger partial charge in [0.25, 0.3) is 5.69 Å². The lowest BCUT2D eigenvalue weighted by Gasteiger charge is -2.33. The summed E-state index contributed by atoms with van der Waals surface area (Å²) in [6.45, 7) is 2.08. The summed E-state index contributed by atoms with van der Waals surface area (Å²) in [5.41, 5.74) is 3.75. The fraction of sp³-hybridized carbons (Fsp3) is 0.438. The quantitative estimate of drug-likeness (QED) is 0.629. The summed E-state index contributed by atoms with van der Waals surface area (Å²) in [5, 5.41) is 11.4. The van der Waals surface area contributed by atoms with Gasteiger partial charge in [-0.1, -0.05) is 12.1 Å². The third-order valence-corrected chi connectivity index (χ3v) is 4.91. The standard InChI is InChI=1S/C16H18N4O2/c1-9-14-13(17-16(19(14)3)10-7-8-10)11-5-4-6-12(20(21)22)15(11)18(9)2/h4-6,9-10H,7-8H2,1-3H3. The Morgan fingerprint density at radius 3 is 2.68 bits per heavy atom. The van der Waals surface area contributed by atoms with Gasteiger partial charge < -0.3 is 9.47 Å². The molecule has 0 N–H and O–H groups in total. The molecule has 6 nitrogen and oxygen atoms in total. The first-order chi connectivity index (χ1) is 10.5. The third-order valence-electron chi connectivity index (χ3n) is 4.91. The first-order valence-corrected chi connectivity index (χ1v) is 7.57. The Bertz CT molecular complexity index is 792. The third kappa shape index (κ3) is 1.63. The molecule has 0 bridgehead atoms. The van der Waals surface area contributed by atoms with Gasteiger partial charge in [0.15, 0.2) is 0 Å². The van der Waals surface area contributed by atoms with E-state index in [1.54, 1.807) is 12.1 Å². The molecule has 2 aromatic rings. The number of rotatable bonds is 2. The molecule has 22 heavy (non-hydrogen) atoms. The highest BCUT2D eigenvalue weighted by atomic mass is 16.6. The Kier molecular flexibility index (Phi) is 2.61. The monoisotopic (exact) mass is 298 g/mol. The van der Waals surface area contributed by atoms with Gasteiger partial charge in [-0.25, -0.2) is 4.98 Å². The average molecular weight is 298 g/mol. The molecule has 0 amide bonds. The van der Waals surface area contributed by atoms with E-state index in [1.165, 1.54) is 12.8 Å². The van der Waals surface area contributed by atoms with Crippen LogP contribution in [0.2, 0.25) is 0 Å². The zero-order valence-corrected chi connectivity index (χ0v) is 12.9. The van der Waals surface area contributed by atoms with Gasteiger partial charge in [0.05, 0.1) is 22.4 Å². The lowest BCUT2D eigenvalue weighted by atomic mass is 9.96.